The molecule has 1 nitrogen and oxygen atoms in total. The molecular weight excluding hydrogens is 153 g/mol. The van der Waals surface area contributed by atoms with Crippen LogP contribution in [0.25, 0.3) is 0 Å². The van der Waals surface area contributed by atoms with E-state index in [0.717, 1.165) is 6.54 Å². The van der Waals surface area contributed by atoms with E-state index in [4.69, 9.17) is 0 Å². The highest BCUT2D eigenvalue weighted by molar-refractivity contribution is 4.86. The molecule has 0 aliphatic heterocycles. The average molecular weight is 173 g/mol. The fraction of sp³-hybridized carbons (Fsp3) is 1.00. The maximum absolute atomic E-state index is 11.8. The average Bonchev–Trinajstić information content (AvgIpc) is 2.31. The Balaban J connectivity index is 2.11. The van der Waals surface area contributed by atoms with Gasteiger partial charge in [0.15, 0.2) is 0 Å². The van der Waals surface area contributed by atoms with Gasteiger partial charge in [-0.2, -0.15) is 0 Å². The van der Waals surface area contributed by atoms with Gasteiger partial charge in [0.05, 0.1) is 6.67 Å². The SMILES string of the molecule is CC1(C)CCC(NCCCF)C1. The van der Waals surface area contributed by atoms with E-state index in [1.54, 1.807) is 0 Å². The summed E-state index contributed by atoms with van der Waals surface area (Å²) in [5.74, 6) is 0. The van der Waals surface area contributed by atoms with Crippen LogP contribution in [-0.4, -0.2) is 19.3 Å². The molecule has 0 saturated heterocycles. The van der Waals surface area contributed by atoms with E-state index < -0.39 is 0 Å². The summed E-state index contributed by atoms with van der Waals surface area (Å²) in [6.45, 7) is 5.27. The molecule has 2 heteroatoms. The van der Waals surface area contributed by atoms with E-state index in [9.17, 15) is 4.39 Å². The summed E-state index contributed by atoms with van der Waals surface area (Å²) >= 11 is 0. The van der Waals surface area contributed by atoms with Crippen molar-refractivity contribution in [3.8, 4) is 0 Å². The van der Waals surface area contributed by atoms with Crippen LogP contribution in [0.15, 0.2) is 0 Å². The Morgan fingerprint density at radius 2 is 2.25 bits per heavy atom. The van der Waals surface area contributed by atoms with Gasteiger partial charge in [0.1, 0.15) is 0 Å². The third-order valence-electron chi connectivity index (χ3n) is 2.71. The number of hydrogen-bond donors (Lipinski definition) is 1. The van der Waals surface area contributed by atoms with Crippen LogP contribution in [0.2, 0.25) is 0 Å². The largest absolute Gasteiger partial charge is 0.314 e. The smallest absolute Gasteiger partial charge is 0.0906 e. The van der Waals surface area contributed by atoms with Crippen molar-refractivity contribution in [3.05, 3.63) is 0 Å². The lowest BCUT2D eigenvalue weighted by molar-refractivity contribution is 0.361. The van der Waals surface area contributed by atoms with Gasteiger partial charge >= 0.3 is 0 Å². The number of nitrogens with one attached hydrogen (secondary N) is 1. The summed E-state index contributed by atoms with van der Waals surface area (Å²) < 4.78 is 11.8. The molecule has 72 valence electrons. The Labute approximate surface area is 74.7 Å². The molecule has 1 rings (SSSR count). The first-order chi connectivity index (χ1) is 5.64. The molecule has 0 amide bonds. The van der Waals surface area contributed by atoms with Crippen molar-refractivity contribution >= 4 is 0 Å². The first kappa shape index (κ1) is 9.97. The highest BCUT2D eigenvalue weighted by Gasteiger charge is 2.30. The van der Waals surface area contributed by atoms with Crippen LogP contribution in [0.1, 0.15) is 39.5 Å². The summed E-state index contributed by atoms with van der Waals surface area (Å²) in [4.78, 5) is 0. The topological polar surface area (TPSA) is 12.0 Å². The molecular formula is C10H20FN. The summed E-state index contributed by atoms with van der Waals surface area (Å²) in [6.07, 6.45) is 4.48. The zero-order valence-corrected chi connectivity index (χ0v) is 8.20. The van der Waals surface area contributed by atoms with E-state index in [1.165, 1.54) is 19.3 Å². The Bertz CT molecular complexity index is 134. The lowest BCUT2D eigenvalue weighted by atomic mass is 9.92. The van der Waals surface area contributed by atoms with Gasteiger partial charge in [-0.15, -0.1) is 0 Å². The molecule has 1 unspecified atom stereocenters. The van der Waals surface area contributed by atoms with Crippen LogP contribution < -0.4 is 5.32 Å². The van der Waals surface area contributed by atoms with Crippen LogP contribution in [0, 0.1) is 5.41 Å². The summed E-state index contributed by atoms with van der Waals surface area (Å²) in [5.41, 5.74) is 0.507. The molecule has 1 aliphatic carbocycles. The first-order valence-electron chi connectivity index (χ1n) is 4.93. The molecule has 12 heavy (non-hydrogen) atoms. The van der Waals surface area contributed by atoms with Gasteiger partial charge in [-0.25, -0.2) is 0 Å². The molecule has 1 atom stereocenters. The van der Waals surface area contributed by atoms with Gasteiger partial charge in [0, 0.05) is 6.04 Å². The van der Waals surface area contributed by atoms with Gasteiger partial charge < -0.3 is 5.32 Å². The van der Waals surface area contributed by atoms with Crippen LogP contribution in [0.5, 0.6) is 0 Å². The Hall–Kier alpha value is -0.110. The third kappa shape index (κ3) is 3.10. The summed E-state index contributed by atoms with van der Waals surface area (Å²) in [5, 5.41) is 3.40. The molecule has 0 bridgehead atoms. The maximum Gasteiger partial charge on any atom is 0.0906 e. The van der Waals surface area contributed by atoms with E-state index in [1.807, 2.05) is 0 Å². The lowest BCUT2D eigenvalue weighted by Gasteiger charge is -2.17. The second kappa shape index (κ2) is 4.22. The number of hydrogen-bond acceptors (Lipinski definition) is 1. The van der Waals surface area contributed by atoms with Crippen molar-refractivity contribution in [1.29, 1.82) is 0 Å². The van der Waals surface area contributed by atoms with Crippen LogP contribution in [0.4, 0.5) is 4.39 Å². The number of rotatable bonds is 4. The third-order valence-corrected chi connectivity index (χ3v) is 2.71. The second-order valence-electron chi connectivity index (χ2n) is 4.60. The minimum atomic E-state index is -0.191. The van der Waals surface area contributed by atoms with Crippen molar-refractivity contribution in [3.63, 3.8) is 0 Å². The van der Waals surface area contributed by atoms with Gasteiger partial charge in [-0.05, 0) is 37.6 Å². The number of alkyl halides is 1. The predicted molar refractivity (Wildman–Crippen MR) is 50.0 cm³/mol. The fourth-order valence-corrected chi connectivity index (χ4v) is 1.98. The van der Waals surface area contributed by atoms with Crippen molar-refractivity contribution in [2.24, 2.45) is 5.41 Å². The molecule has 0 heterocycles. The van der Waals surface area contributed by atoms with Gasteiger partial charge in [-0.1, -0.05) is 13.8 Å². The minimum Gasteiger partial charge on any atom is -0.314 e. The molecule has 1 saturated carbocycles. The van der Waals surface area contributed by atoms with Crippen LogP contribution >= 0.6 is 0 Å². The minimum absolute atomic E-state index is 0.191. The van der Waals surface area contributed by atoms with Crippen molar-refractivity contribution in [1.82, 2.24) is 5.32 Å². The van der Waals surface area contributed by atoms with E-state index >= 15 is 0 Å². The molecule has 1 N–H and O–H groups in total. The van der Waals surface area contributed by atoms with Crippen LogP contribution in [0.3, 0.4) is 0 Å². The highest BCUT2D eigenvalue weighted by atomic mass is 19.1. The molecule has 0 aromatic carbocycles. The summed E-state index contributed by atoms with van der Waals surface area (Å²) in [7, 11) is 0. The lowest BCUT2D eigenvalue weighted by Crippen LogP contribution is -2.28. The zero-order valence-electron chi connectivity index (χ0n) is 8.20. The van der Waals surface area contributed by atoms with Crippen LogP contribution in [-0.2, 0) is 0 Å². The molecule has 0 spiro atoms. The highest BCUT2D eigenvalue weighted by Crippen LogP contribution is 2.36. The number of halogens is 1. The predicted octanol–water partition coefficient (Wildman–Crippen LogP) is 2.51. The molecule has 0 radical (unpaired) electrons. The van der Waals surface area contributed by atoms with Crippen molar-refractivity contribution in [2.75, 3.05) is 13.2 Å². The Morgan fingerprint density at radius 1 is 1.50 bits per heavy atom. The molecule has 1 aliphatic rings. The zero-order chi connectivity index (χ0) is 9.03. The van der Waals surface area contributed by atoms with E-state index in [0.29, 0.717) is 17.9 Å². The fourth-order valence-electron chi connectivity index (χ4n) is 1.98. The first-order valence-corrected chi connectivity index (χ1v) is 4.93. The van der Waals surface area contributed by atoms with Gasteiger partial charge in [0.25, 0.3) is 0 Å². The summed E-state index contributed by atoms with van der Waals surface area (Å²) in [6, 6.07) is 0.645. The molecule has 0 aromatic heterocycles. The van der Waals surface area contributed by atoms with Crippen molar-refractivity contribution in [2.45, 2.75) is 45.6 Å². The Kier molecular flexibility index (Phi) is 3.51. The van der Waals surface area contributed by atoms with Gasteiger partial charge in [-0.3, -0.25) is 4.39 Å². The monoisotopic (exact) mass is 173 g/mol. The molecule has 0 aromatic rings. The molecule has 1 fully saturated rings. The second-order valence-corrected chi connectivity index (χ2v) is 4.60. The van der Waals surface area contributed by atoms with E-state index in [-0.39, 0.29) is 6.67 Å². The normalized spacial score (nSPS) is 27.8. The quantitative estimate of drug-likeness (QED) is 0.644. The maximum atomic E-state index is 11.8. The van der Waals surface area contributed by atoms with Gasteiger partial charge in [0.2, 0.25) is 0 Å². The standard InChI is InChI=1S/C10H20FN/c1-10(2)5-4-9(8-10)12-7-3-6-11/h9,12H,3-8H2,1-2H3. The van der Waals surface area contributed by atoms with E-state index in [2.05, 4.69) is 19.2 Å². The Morgan fingerprint density at radius 3 is 2.75 bits per heavy atom. The van der Waals surface area contributed by atoms with Crippen molar-refractivity contribution < 1.29 is 4.39 Å².